The van der Waals surface area contributed by atoms with Crippen LogP contribution in [0, 0.1) is 0 Å². The van der Waals surface area contributed by atoms with E-state index in [1.54, 1.807) is 6.20 Å². The summed E-state index contributed by atoms with van der Waals surface area (Å²) in [5, 5.41) is 12.0. The van der Waals surface area contributed by atoms with Gasteiger partial charge >= 0.3 is 0 Å². The van der Waals surface area contributed by atoms with Crippen molar-refractivity contribution in [2.24, 2.45) is 0 Å². The Morgan fingerprint density at radius 2 is 1.96 bits per heavy atom. The van der Waals surface area contributed by atoms with Crippen molar-refractivity contribution in [3.63, 3.8) is 0 Å². The number of amides is 1. The van der Waals surface area contributed by atoms with Crippen molar-refractivity contribution in [1.82, 2.24) is 14.9 Å². The minimum Gasteiger partial charge on any atom is -0.396 e. The van der Waals surface area contributed by atoms with Gasteiger partial charge in [0.15, 0.2) is 0 Å². The van der Waals surface area contributed by atoms with Gasteiger partial charge in [-0.3, -0.25) is 4.79 Å². The van der Waals surface area contributed by atoms with E-state index in [2.05, 4.69) is 21.8 Å². The lowest BCUT2D eigenvalue weighted by Crippen LogP contribution is -2.24. The Kier molecular flexibility index (Phi) is 6.39. The molecule has 0 fully saturated rings. The van der Waals surface area contributed by atoms with Gasteiger partial charge in [-0.05, 0) is 41.7 Å². The van der Waals surface area contributed by atoms with E-state index in [1.807, 2.05) is 54.7 Å². The molecule has 0 unspecified atom stereocenters. The van der Waals surface area contributed by atoms with Crippen molar-refractivity contribution < 1.29 is 9.90 Å². The zero-order valence-electron chi connectivity index (χ0n) is 15.6. The molecule has 3 aromatic rings. The lowest BCUT2D eigenvalue weighted by Gasteiger charge is -2.09. The van der Waals surface area contributed by atoms with E-state index in [4.69, 9.17) is 5.11 Å². The number of nitrogens with one attached hydrogen (secondary N) is 1. The quantitative estimate of drug-likeness (QED) is 0.644. The van der Waals surface area contributed by atoms with Crippen LogP contribution in [0.15, 0.2) is 60.9 Å². The molecule has 0 saturated heterocycles. The van der Waals surface area contributed by atoms with Gasteiger partial charge in [-0.15, -0.1) is 0 Å². The highest BCUT2D eigenvalue weighted by Crippen LogP contribution is 2.21. The normalized spacial score (nSPS) is 10.7. The van der Waals surface area contributed by atoms with E-state index in [-0.39, 0.29) is 12.5 Å². The number of carbonyl (C=O) groups excluding carboxylic acids is 1. The predicted octanol–water partition coefficient (Wildman–Crippen LogP) is 3.42. The number of rotatable bonds is 8. The van der Waals surface area contributed by atoms with Crippen LogP contribution in [-0.4, -0.2) is 27.2 Å². The number of imidazole rings is 1. The van der Waals surface area contributed by atoms with Gasteiger partial charge in [0.1, 0.15) is 5.82 Å². The number of aliphatic hydroxyl groups is 1. The Bertz CT molecular complexity index is 885. The fourth-order valence-electron chi connectivity index (χ4n) is 3.05. The van der Waals surface area contributed by atoms with Crippen LogP contribution >= 0.6 is 0 Å². The highest BCUT2D eigenvalue weighted by molar-refractivity contribution is 5.95. The average molecular weight is 363 g/mol. The predicted molar refractivity (Wildman–Crippen MR) is 106 cm³/mol. The van der Waals surface area contributed by atoms with Crippen molar-refractivity contribution in [2.75, 3.05) is 6.61 Å². The SMILES string of the molecule is CCCn1ccnc1CNC(=O)c1cccc(-c2ccc(CCO)cc2)c1. The number of aromatic nitrogens is 2. The lowest BCUT2D eigenvalue weighted by molar-refractivity contribution is 0.0949. The van der Waals surface area contributed by atoms with Crippen LogP contribution in [0.25, 0.3) is 11.1 Å². The number of carbonyl (C=O) groups is 1. The molecule has 5 nitrogen and oxygen atoms in total. The summed E-state index contributed by atoms with van der Waals surface area (Å²) in [6.07, 6.45) is 5.37. The second kappa shape index (κ2) is 9.14. The number of benzene rings is 2. The van der Waals surface area contributed by atoms with Gasteiger partial charge in [0, 0.05) is 31.1 Å². The third-order valence-corrected chi connectivity index (χ3v) is 4.49. The molecule has 0 aliphatic rings. The minimum absolute atomic E-state index is 0.111. The molecule has 0 radical (unpaired) electrons. The Balaban J connectivity index is 1.69. The topological polar surface area (TPSA) is 67.2 Å². The molecule has 0 aliphatic heterocycles. The monoisotopic (exact) mass is 363 g/mol. The van der Waals surface area contributed by atoms with E-state index in [0.717, 1.165) is 35.5 Å². The van der Waals surface area contributed by atoms with Gasteiger partial charge in [0.2, 0.25) is 0 Å². The van der Waals surface area contributed by atoms with Crippen molar-refractivity contribution in [3.8, 4) is 11.1 Å². The average Bonchev–Trinajstić information content (AvgIpc) is 3.14. The summed E-state index contributed by atoms with van der Waals surface area (Å²) in [6.45, 7) is 3.56. The van der Waals surface area contributed by atoms with Gasteiger partial charge in [0.05, 0.1) is 6.54 Å². The Morgan fingerprint density at radius 1 is 1.15 bits per heavy atom. The van der Waals surface area contributed by atoms with Crippen molar-refractivity contribution in [1.29, 1.82) is 0 Å². The molecule has 2 aromatic carbocycles. The summed E-state index contributed by atoms with van der Waals surface area (Å²) in [5.74, 6) is 0.751. The molecular formula is C22H25N3O2. The van der Waals surface area contributed by atoms with E-state index < -0.39 is 0 Å². The molecule has 0 aliphatic carbocycles. The summed E-state index contributed by atoms with van der Waals surface area (Å²) in [5.41, 5.74) is 3.76. The highest BCUT2D eigenvalue weighted by atomic mass is 16.3. The zero-order chi connectivity index (χ0) is 19.1. The van der Waals surface area contributed by atoms with Crippen molar-refractivity contribution in [3.05, 3.63) is 77.9 Å². The molecule has 0 atom stereocenters. The molecule has 0 spiro atoms. The molecule has 1 amide bonds. The molecule has 1 heterocycles. The first-order valence-electron chi connectivity index (χ1n) is 9.29. The molecule has 140 valence electrons. The number of aliphatic hydroxyl groups excluding tert-OH is 1. The molecule has 1 aromatic heterocycles. The van der Waals surface area contributed by atoms with Crippen LogP contribution in [0.4, 0.5) is 0 Å². The van der Waals surface area contributed by atoms with E-state index in [1.165, 1.54) is 0 Å². The Hall–Kier alpha value is -2.92. The van der Waals surface area contributed by atoms with Gasteiger partial charge < -0.3 is 15.0 Å². The Labute approximate surface area is 159 Å². The summed E-state index contributed by atoms with van der Waals surface area (Å²) in [7, 11) is 0. The largest absolute Gasteiger partial charge is 0.396 e. The van der Waals surface area contributed by atoms with Crippen LogP contribution in [0.5, 0.6) is 0 Å². The van der Waals surface area contributed by atoms with Gasteiger partial charge in [-0.1, -0.05) is 43.3 Å². The molecular weight excluding hydrogens is 338 g/mol. The van der Waals surface area contributed by atoms with Crippen LogP contribution in [0.2, 0.25) is 0 Å². The van der Waals surface area contributed by atoms with Crippen molar-refractivity contribution >= 4 is 5.91 Å². The molecule has 27 heavy (non-hydrogen) atoms. The first-order valence-corrected chi connectivity index (χ1v) is 9.29. The number of hydrogen-bond acceptors (Lipinski definition) is 3. The molecule has 2 N–H and O–H groups in total. The summed E-state index contributed by atoms with van der Waals surface area (Å²) < 4.78 is 2.06. The standard InChI is InChI=1S/C22H25N3O2/c1-2-12-25-13-11-23-21(25)16-24-22(27)20-5-3-4-19(15-20)18-8-6-17(7-9-18)10-14-26/h3-9,11,13,15,26H,2,10,12,14,16H2,1H3,(H,24,27). The first kappa shape index (κ1) is 18.9. The second-order valence-electron chi connectivity index (χ2n) is 6.47. The number of aryl methyl sites for hydroxylation is 1. The van der Waals surface area contributed by atoms with Crippen molar-refractivity contribution in [2.45, 2.75) is 32.9 Å². The third-order valence-electron chi connectivity index (χ3n) is 4.49. The maximum absolute atomic E-state index is 12.6. The maximum atomic E-state index is 12.6. The fraction of sp³-hybridized carbons (Fsp3) is 0.273. The van der Waals surface area contributed by atoms with Gasteiger partial charge in [-0.2, -0.15) is 0 Å². The smallest absolute Gasteiger partial charge is 0.251 e. The number of hydrogen-bond donors (Lipinski definition) is 2. The third kappa shape index (κ3) is 4.83. The molecule has 3 rings (SSSR count). The van der Waals surface area contributed by atoms with Crippen LogP contribution < -0.4 is 5.32 Å². The summed E-state index contributed by atoms with van der Waals surface area (Å²) in [4.78, 5) is 16.9. The second-order valence-corrected chi connectivity index (χ2v) is 6.47. The summed E-state index contributed by atoms with van der Waals surface area (Å²) in [6, 6.07) is 15.6. The zero-order valence-corrected chi connectivity index (χ0v) is 15.6. The van der Waals surface area contributed by atoms with E-state index >= 15 is 0 Å². The van der Waals surface area contributed by atoms with Gasteiger partial charge in [-0.25, -0.2) is 4.98 Å². The lowest BCUT2D eigenvalue weighted by atomic mass is 10.0. The highest BCUT2D eigenvalue weighted by Gasteiger charge is 2.09. The van der Waals surface area contributed by atoms with Crippen LogP contribution in [-0.2, 0) is 19.5 Å². The van der Waals surface area contributed by atoms with E-state index in [9.17, 15) is 4.79 Å². The van der Waals surface area contributed by atoms with E-state index in [0.29, 0.717) is 18.5 Å². The Morgan fingerprint density at radius 3 is 2.70 bits per heavy atom. The van der Waals surface area contributed by atoms with Crippen LogP contribution in [0.1, 0.15) is 35.1 Å². The maximum Gasteiger partial charge on any atom is 0.251 e. The summed E-state index contributed by atoms with van der Waals surface area (Å²) >= 11 is 0. The fourth-order valence-corrected chi connectivity index (χ4v) is 3.05. The first-order chi connectivity index (χ1) is 13.2. The van der Waals surface area contributed by atoms with Crippen LogP contribution in [0.3, 0.4) is 0 Å². The minimum atomic E-state index is -0.111. The molecule has 5 heteroatoms. The molecule has 0 saturated carbocycles. The number of nitrogens with zero attached hydrogens (tertiary/aromatic N) is 2. The van der Waals surface area contributed by atoms with Gasteiger partial charge in [0.25, 0.3) is 5.91 Å². The molecule has 0 bridgehead atoms.